The maximum Gasteiger partial charge on any atom is 0.237 e. The first-order valence-electron chi connectivity index (χ1n) is 9.26. The van der Waals surface area contributed by atoms with Crippen LogP contribution in [0.15, 0.2) is 70.9 Å². The maximum atomic E-state index is 13.8. The Kier molecular flexibility index (Phi) is 6.63. The molecule has 0 aliphatic heterocycles. The molecule has 4 rings (SSSR count). The molecule has 0 aliphatic rings. The van der Waals surface area contributed by atoms with E-state index in [2.05, 4.69) is 26.9 Å². The van der Waals surface area contributed by atoms with Crippen molar-refractivity contribution < 1.29 is 13.7 Å². The summed E-state index contributed by atoms with van der Waals surface area (Å²) in [6.07, 6.45) is 1.72. The summed E-state index contributed by atoms with van der Waals surface area (Å²) in [7, 11) is 0. The monoisotopic (exact) mass is 457 g/mol. The highest BCUT2D eigenvalue weighted by Gasteiger charge is 2.16. The minimum atomic E-state index is -0.433. The fourth-order valence-electron chi connectivity index (χ4n) is 2.74. The molecule has 2 heterocycles. The Labute approximate surface area is 186 Å². The molecule has 0 N–H and O–H groups in total. The molecule has 0 amide bonds. The third-order valence-corrected chi connectivity index (χ3v) is 5.49. The van der Waals surface area contributed by atoms with Gasteiger partial charge in [0, 0.05) is 12.1 Å². The van der Waals surface area contributed by atoms with Crippen molar-refractivity contribution in [2.24, 2.45) is 0 Å². The van der Waals surface area contributed by atoms with Crippen molar-refractivity contribution in [3.8, 4) is 17.1 Å². The predicted molar refractivity (Wildman–Crippen MR) is 115 cm³/mol. The van der Waals surface area contributed by atoms with Crippen molar-refractivity contribution in [3.63, 3.8) is 0 Å². The topological polar surface area (TPSA) is 78.9 Å². The minimum Gasteiger partial charge on any atom is -0.483 e. The van der Waals surface area contributed by atoms with Crippen molar-refractivity contribution in [1.29, 1.82) is 0 Å². The van der Waals surface area contributed by atoms with Crippen molar-refractivity contribution in [2.75, 3.05) is 0 Å². The number of allylic oxidation sites excluding steroid dienone is 1. The summed E-state index contributed by atoms with van der Waals surface area (Å²) in [5, 5.41) is 13.6. The van der Waals surface area contributed by atoms with Crippen molar-refractivity contribution in [2.45, 2.75) is 24.1 Å². The van der Waals surface area contributed by atoms with Crippen molar-refractivity contribution >= 4 is 23.4 Å². The SMILES string of the molecule is C=CCn1c(COc2ccccc2F)nnc1SCc1nc(-c2ccccc2Cl)no1. The Morgan fingerprint density at radius 2 is 1.97 bits per heavy atom. The molecule has 0 fully saturated rings. The van der Waals surface area contributed by atoms with Gasteiger partial charge in [-0.05, 0) is 24.3 Å². The zero-order chi connectivity index (χ0) is 21.6. The Morgan fingerprint density at radius 3 is 2.77 bits per heavy atom. The van der Waals surface area contributed by atoms with E-state index in [-0.39, 0.29) is 12.4 Å². The number of rotatable bonds is 9. The Hall–Kier alpha value is -3.17. The predicted octanol–water partition coefficient (Wildman–Crippen LogP) is 5.18. The molecular weight excluding hydrogens is 441 g/mol. The number of nitrogens with zero attached hydrogens (tertiary/aromatic N) is 5. The number of hydrogen-bond acceptors (Lipinski definition) is 7. The summed E-state index contributed by atoms with van der Waals surface area (Å²) >= 11 is 7.57. The van der Waals surface area contributed by atoms with Gasteiger partial charge in [-0.2, -0.15) is 4.98 Å². The van der Waals surface area contributed by atoms with Gasteiger partial charge < -0.3 is 9.26 Å². The first-order valence-corrected chi connectivity index (χ1v) is 10.6. The van der Waals surface area contributed by atoms with E-state index in [0.29, 0.717) is 45.6 Å². The zero-order valence-electron chi connectivity index (χ0n) is 16.2. The van der Waals surface area contributed by atoms with Gasteiger partial charge in [-0.1, -0.05) is 58.9 Å². The lowest BCUT2D eigenvalue weighted by atomic mass is 10.2. The van der Waals surface area contributed by atoms with Gasteiger partial charge >= 0.3 is 0 Å². The van der Waals surface area contributed by atoms with Crippen LogP contribution in [0.4, 0.5) is 4.39 Å². The summed E-state index contributed by atoms with van der Waals surface area (Å²) in [4.78, 5) is 4.40. The molecule has 31 heavy (non-hydrogen) atoms. The summed E-state index contributed by atoms with van der Waals surface area (Å²) in [5.74, 6) is 1.51. The van der Waals surface area contributed by atoms with Gasteiger partial charge in [0.05, 0.1) is 10.8 Å². The number of hydrogen-bond donors (Lipinski definition) is 0. The van der Waals surface area contributed by atoms with Crippen LogP contribution < -0.4 is 4.74 Å². The van der Waals surface area contributed by atoms with E-state index < -0.39 is 5.82 Å². The van der Waals surface area contributed by atoms with Gasteiger partial charge in [-0.3, -0.25) is 4.57 Å². The van der Waals surface area contributed by atoms with Crippen molar-refractivity contribution in [1.82, 2.24) is 24.9 Å². The standard InChI is InChI=1S/C21H17ClFN5O2S/c1-2-11-28-18(12-29-17-10-6-5-9-16(17)23)25-26-21(28)31-13-19-24-20(27-30-19)14-7-3-4-8-15(14)22/h2-10H,1,11-13H2. The van der Waals surface area contributed by atoms with Gasteiger partial charge in [0.2, 0.25) is 11.7 Å². The molecule has 7 nitrogen and oxygen atoms in total. The number of aromatic nitrogens is 5. The number of ether oxygens (including phenoxy) is 1. The summed E-state index contributed by atoms with van der Waals surface area (Å²) < 4.78 is 26.5. The lowest BCUT2D eigenvalue weighted by Gasteiger charge is -2.09. The van der Waals surface area contributed by atoms with Crippen molar-refractivity contribution in [3.05, 3.63) is 83.7 Å². The molecule has 0 atom stereocenters. The molecule has 0 bridgehead atoms. The highest BCUT2D eigenvalue weighted by atomic mass is 35.5. The Morgan fingerprint density at radius 1 is 1.16 bits per heavy atom. The zero-order valence-corrected chi connectivity index (χ0v) is 17.8. The first-order chi connectivity index (χ1) is 15.2. The molecule has 0 radical (unpaired) electrons. The number of halogens is 2. The van der Waals surface area contributed by atoms with Crippen LogP contribution >= 0.6 is 23.4 Å². The van der Waals surface area contributed by atoms with Gasteiger partial charge in [0.25, 0.3) is 0 Å². The van der Waals surface area contributed by atoms with Gasteiger partial charge in [-0.25, -0.2) is 4.39 Å². The van der Waals surface area contributed by atoms with Crippen LogP contribution in [0, 0.1) is 5.82 Å². The molecule has 10 heteroatoms. The van der Waals surface area contributed by atoms with Crippen LogP contribution in [0.1, 0.15) is 11.7 Å². The van der Waals surface area contributed by atoms with Crippen LogP contribution in [0.2, 0.25) is 5.02 Å². The highest BCUT2D eigenvalue weighted by Crippen LogP contribution is 2.27. The van der Waals surface area contributed by atoms with Gasteiger partial charge in [0.15, 0.2) is 22.5 Å². The molecule has 0 aliphatic carbocycles. The average Bonchev–Trinajstić information content (AvgIpc) is 3.39. The molecular formula is C21H17ClFN5O2S. The molecule has 0 unspecified atom stereocenters. The largest absolute Gasteiger partial charge is 0.483 e. The van der Waals surface area contributed by atoms with E-state index in [1.54, 1.807) is 30.3 Å². The van der Waals surface area contributed by atoms with Crippen LogP contribution in [-0.2, 0) is 18.9 Å². The van der Waals surface area contributed by atoms with Crippen LogP contribution in [0.25, 0.3) is 11.4 Å². The number of para-hydroxylation sites is 1. The van der Waals surface area contributed by atoms with Crippen LogP contribution in [-0.4, -0.2) is 24.9 Å². The number of benzene rings is 2. The van der Waals surface area contributed by atoms with E-state index in [9.17, 15) is 4.39 Å². The highest BCUT2D eigenvalue weighted by molar-refractivity contribution is 7.98. The molecule has 0 saturated heterocycles. The summed E-state index contributed by atoms with van der Waals surface area (Å²) in [6.45, 7) is 4.32. The van der Waals surface area contributed by atoms with E-state index in [0.717, 1.165) is 0 Å². The van der Waals surface area contributed by atoms with Gasteiger partial charge in [-0.15, -0.1) is 16.8 Å². The fourth-order valence-corrected chi connectivity index (χ4v) is 3.77. The van der Waals surface area contributed by atoms with Crippen LogP contribution in [0.3, 0.4) is 0 Å². The molecule has 158 valence electrons. The third kappa shape index (κ3) is 4.95. The lowest BCUT2D eigenvalue weighted by Crippen LogP contribution is -2.08. The fraction of sp³-hybridized carbons (Fsp3) is 0.143. The Balaban J connectivity index is 1.45. The lowest BCUT2D eigenvalue weighted by molar-refractivity contribution is 0.275. The quantitative estimate of drug-likeness (QED) is 0.253. The van der Waals surface area contributed by atoms with E-state index in [4.69, 9.17) is 20.9 Å². The number of thioether (sulfide) groups is 1. The average molecular weight is 458 g/mol. The normalized spacial score (nSPS) is 10.9. The molecule has 0 saturated carbocycles. The minimum absolute atomic E-state index is 0.0690. The third-order valence-electron chi connectivity index (χ3n) is 4.21. The van der Waals surface area contributed by atoms with E-state index in [1.807, 2.05) is 22.8 Å². The van der Waals surface area contributed by atoms with Gasteiger partial charge in [0.1, 0.15) is 6.61 Å². The van der Waals surface area contributed by atoms with E-state index >= 15 is 0 Å². The van der Waals surface area contributed by atoms with E-state index in [1.165, 1.54) is 17.8 Å². The smallest absolute Gasteiger partial charge is 0.237 e. The first kappa shape index (κ1) is 21.1. The summed E-state index contributed by atoms with van der Waals surface area (Å²) in [5.41, 5.74) is 0.701. The Bertz CT molecular complexity index is 1200. The molecule has 0 spiro atoms. The molecule has 4 aromatic rings. The second-order valence-electron chi connectivity index (χ2n) is 6.30. The second-order valence-corrected chi connectivity index (χ2v) is 7.65. The maximum absolute atomic E-state index is 13.8. The summed E-state index contributed by atoms with van der Waals surface area (Å²) in [6, 6.07) is 13.5. The second kappa shape index (κ2) is 9.76. The van der Waals surface area contributed by atoms with Crippen LogP contribution in [0.5, 0.6) is 5.75 Å². The molecule has 2 aromatic heterocycles. The molecule has 2 aromatic carbocycles.